The Morgan fingerprint density at radius 3 is 2.60 bits per heavy atom. The van der Waals surface area contributed by atoms with Gasteiger partial charge < -0.3 is 10.2 Å². The number of nitrogens with zero attached hydrogens (tertiary/aromatic N) is 1. The van der Waals surface area contributed by atoms with Gasteiger partial charge in [0.15, 0.2) is 0 Å². The Bertz CT molecular complexity index is 698. The van der Waals surface area contributed by atoms with Crippen LogP contribution in [0.25, 0.3) is 0 Å². The SMILES string of the molecule is CSC1NC(c2ccccc2)CCc2cc(N3CCNCC3)ccc21. The van der Waals surface area contributed by atoms with Crippen molar-refractivity contribution in [2.75, 3.05) is 37.3 Å². The lowest BCUT2D eigenvalue weighted by atomic mass is 9.98. The van der Waals surface area contributed by atoms with Gasteiger partial charge in [-0.1, -0.05) is 36.4 Å². The lowest BCUT2D eigenvalue weighted by Gasteiger charge is -2.30. The normalized spacial score (nSPS) is 23.8. The van der Waals surface area contributed by atoms with Gasteiger partial charge in [0, 0.05) is 37.9 Å². The van der Waals surface area contributed by atoms with Crippen molar-refractivity contribution in [2.24, 2.45) is 0 Å². The number of benzene rings is 2. The fourth-order valence-electron chi connectivity index (χ4n) is 3.98. The molecule has 2 atom stereocenters. The van der Waals surface area contributed by atoms with Crippen molar-refractivity contribution >= 4 is 17.4 Å². The van der Waals surface area contributed by atoms with Gasteiger partial charge in [-0.2, -0.15) is 0 Å². The highest BCUT2D eigenvalue weighted by atomic mass is 32.2. The fraction of sp³-hybridized carbons (Fsp3) is 0.429. The van der Waals surface area contributed by atoms with Crippen LogP contribution in [0, 0.1) is 0 Å². The van der Waals surface area contributed by atoms with Crippen LogP contribution in [0.15, 0.2) is 48.5 Å². The number of thioether (sulfide) groups is 1. The third kappa shape index (κ3) is 3.71. The molecular weight excluding hydrogens is 326 g/mol. The number of aryl methyl sites for hydroxylation is 1. The summed E-state index contributed by atoms with van der Waals surface area (Å²) < 4.78 is 0. The zero-order valence-corrected chi connectivity index (χ0v) is 15.7. The third-order valence-corrected chi connectivity index (χ3v) is 6.25. The molecule has 1 fully saturated rings. The van der Waals surface area contributed by atoms with Crippen molar-refractivity contribution in [2.45, 2.75) is 24.3 Å². The van der Waals surface area contributed by atoms with Crippen molar-refractivity contribution in [3.8, 4) is 0 Å². The third-order valence-electron chi connectivity index (χ3n) is 5.38. The molecule has 2 unspecified atom stereocenters. The maximum absolute atomic E-state index is 3.88. The van der Waals surface area contributed by atoms with Gasteiger partial charge in [-0.05, 0) is 47.9 Å². The number of nitrogens with one attached hydrogen (secondary N) is 2. The molecule has 2 heterocycles. The van der Waals surface area contributed by atoms with E-state index in [-0.39, 0.29) is 0 Å². The summed E-state index contributed by atoms with van der Waals surface area (Å²) in [5, 5.41) is 7.68. The molecule has 0 aliphatic carbocycles. The zero-order chi connectivity index (χ0) is 17.1. The molecule has 0 amide bonds. The van der Waals surface area contributed by atoms with Gasteiger partial charge in [0.05, 0.1) is 5.37 Å². The Morgan fingerprint density at radius 1 is 1.04 bits per heavy atom. The van der Waals surface area contributed by atoms with E-state index < -0.39 is 0 Å². The van der Waals surface area contributed by atoms with E-state index in [0.29, 0.717) is 11.4 Å². The summed E-state index contributed by atoms with van der Waals surface area (Å²) in [6.07, 6.45) is 4.50. The molecule has 4 rings (SSSR count). The first-order chi connectivity index (χ1) is 12.3. The Labute approximate surface area is 155 Å². The quantitative estimate of drug-likeness (QED) is 0.879. The second-order valence-electron chi connectivity index (χ2n) is 6.90. The average molecular weight is 354 g/mol. The summed E-state index contributed by atoms with van der Waals surface area (Å²) in [7, 11) is 0. The second-order valence-corrected chi connectivity index (χ2v) is 7.85. The van der Waals surface area contributed by atoms with Gasteiger partial charge in [0.25, 0.3) is 0 Å². The van der Waals surface area contributed by atoms with Gasteiger partial charge in [0.1, 0.15) is 0 Å². The van der Waals surface area contributed by atoms with Crippen molar-refractivity contribution < 1.29 is 0 Å². The van der Waals surface area contributed by atoms with E-state index in [1.54, 1.807) is 0 Å². The smallest absolute Gasteiger partial charge is 0.0793 e. The summed E-state index contributed by atoms with van der Waals surface area (Å²) in [4.78, 5) is 2.51. The van der Waals surface area contributed by atoms with Crippen LogP contribution in [0.5, 0.6) is 0 Å². The number of piperazine rings is 1. The minimum absolute atomic E-state index is 0.361. The van der Waals surface area contributed by atoms with E-state index in [2.05, 4.69) is 70.3 Å². The minimum atomic E-state index is 0.361. The van der Waals surface area contributed by atoms with Gasteiger partial charge >= 0.3 is 0 Å². The van der Waals surface area contributed by atoms with Crippen molar-refractivity contribution in [3.63, 3.8) is 0 Å². The molecule has 0 saturated carbocycles. The molecule has 4 heteroatoms. The highest BCUT2D eigenvalue weighted by Crippen LogP contribution is 2.37. The number of hydrogen-bond donors (Lipinski definition) is 2. The van der Waals surface area contributed by atoms with E-state index >= 15 is 0 Å². The monoisotopic (exact) mass is 353 g/mol. The first-order valence-corrected chi connectivity index (χ1v) is 10.6. The lowest BCUT2D eigenvalue weighted by Crippen LogP contribution is -2.43. The van der Waals surface area contributed by atoms with Crippen LogP contribution in [-0.2, 0) is 6.42 Å². The minimum Gasteiger partial charge on any atom is -0.369 e. The predicted octanol–water partition coefficient (Wildman–Crippen LogP) is 3.73. The van der Waals surface area contributed by atoms with Crippen LogP contribution in [-0.4, -0.2) is 32.4 Å². The molecule has 2 aromatic carbocycles. The maximum Gasteiger partial charge on any atom is 0.0793 e. The maximum atomic E-state index is 3.88. The molecule has 25 heavy (non-hydrogen) atoms. The largest absolute Gasteiger partial charge is 0.369 e. The molecule has 0 aromatic heterocycles. The predicted molar refractivity (Wildman–Crippen MR) is 108 cm³/mol. The highest BCUT2D eigenvalue weighted by Gasteiger charge is 2.25. The van der Waals surface area contributed by atoms with Crippen LogP contribution < -0.4 is 15.5 Å². The summed E-state index contributed by atoms with van der Waals surface area (Å²) in [5.41, 5.74) is 5.76. The van der Waals surface area contributed by atoms with Crippen LogP contribution in [0.2, 0.25) is 0 Å². The van der Waals surface area contributed by atoms with E-state index in [1.807, 2.05) is 11.8 Å². The Kier molecular flexibility index (Phi) is 5.30. The first-order valence-electron chi connectivity index (χ1n) is 9.27. The molecule has 2 N–H and O–H groups in total. The molecule has 0 bridgehead atoms. The van der Waals surface area contributed by atoms with Gasteiger partial charge in [-0.15, -0.1) is 11.8 Å². The van der Waals surface area contributed by atoms with Gasteiger partial charge in [-0.25, -0.2) is 0 Å². The summed E-state index contributed by atoms with van der Waals surface area (Å²) in [5.74, 6) is 0. The average Bonchev–Trinajstić information content (AvgIpc) is 2.88. The van der Waals surface area contributed by atoms with Gasteiger partial charge in [-0.3, -0.25) is 5.32 Å². The summed E-state index contributed by atoms with van der Waals surface area (Å²) in [6, 6.07) is 18.4. The molecule has 0 spiro atoms. The van der Waals surface area contributed by atoms with Crippen molar-refractivity contribution in [3.05, 3.63) is 65.2 Å². The number of fused-ring (bicyclic) bond motifs is 1. The van der Waals surface area contributed by atoms with E-state index in [4.69, 9.17) is 0 Å². The van der Waals surface area contributed by atoms with Crippen molar-refractivity contribution in [1.82, 2.24) is 10.6 Å². The first kappa shape index (κ1) is 17.0. The Balaban J connectivity index is 1.60. The van der Waals surface area contributed by atoms with Crippen LogP contribution >= 0.6 is 11.8 Å². The van der Waals surface area contributed by atoms with Crippen LogP contribution in [0.1, 0.15) is 34.5 Å². The lowest BCUT2D eigenvalue weighted by molar-refractivity contribution is 0.512. The van der Waals surface area contributed by atoms with Crippen LogP contribution in [0.4, 0.5) is 5.69 Å². The number of anilines is 1. The summed E-state index contributed by atoms with van der Waals surface area (Å²) in [6.45, 7) is 4.38. The molecule has 1 saturated heterocycles. The van der Waals surface area contributed by atoms with Crippen molar-refractivity contribution in [1.29, 1.82) is 0 Å². The molecule has 3 nitrogen and oxygen atoms in total. The Hall–Kier alpha value is -1.49. The number of rotatable bonds is 3. The molecule has 0 radical (unpaired) electrons. The topological polar surface area (TPSA) is 27.3 Å². The molecule has 2 aliphatic rings. The van der Waals surface area contributed by atoms with E-state index in [9.17, 15) is 0 Å². The standard InChI is InChI=1S/C21H27N3S/c1-25-21-19-9-8-18(24-13-11-22-12-14-24)15-17(19)7-10-20(23-21)16-5-3-2-4-6-16/h2-6,8-9,15,20-23H,7,10-14H2,1H3. The molecule has 2 aliphatic heterocycles. The van der Waals surface area contributed by atoms with Gasteiger partial charge in [0.2, 0.25) is 0 Å². The summed E-state index contributed by atoms with van der Waals surface area (Å²) >= 11 is 1.91. The zero-order valence-electron chi connectivity index (χ0n) is 14.9. The highest BCUT2D eigenvalue weighted by molar-refractivity contribution is 7.98. The van der Waals surface area contributed by atoms with Crippen LogP contribution in [0.3, 0.4) is 0 Å². The molecular formula is C21H27N3S. The number of hydrogen-bond acceptors (Lipinski definition) is 4. The Morgan fingerprint density at radius 2 is 1.84 bits per heavy atom. The fourth-order valence-corrected chi connectivity index (χ4v) is 4.77. The molecule has 132 valence electrons. The van der Waals surface area contributed by atoms with E-state index in [0.717, 1.165) is 39.0 Å². The molecule has 2 aromatic rings. The van der Waals surface area contributed by atoms with E-state index in [1.165, 1.54) is 22.4 Å². The second kappa shape index (κ2) is 7.81.